The van der Waals surface area contributed by atoms with Crippen LogP contribution in [0.2, 0.25) is 15.1 Å². The van der Waals surface area contributed by atoms with Crippen LogP contribution >= 0.6 is 34.8 Å². The summed E-state index contributed by atoms with van der Waals surface area (Å²) in [5, 5.41) is 8.01. The molecule has 0 aliphatic heterocycles. The minimum Gasteiger partial charge on any atom is -0.497 e. The smallest absolute Gasteiger partial charge is 0.249 e. The lowest BCUT2D eigenvalue weighted by molar-refractivity contribution is -0.126. The Hall–Kier alpha value is -3.26. The lowest BCUT2D eigenvalue weighted by atomic mass is 10.2. The van der Waals surface area contributed by atoms with Gasteiger partial charge >= 0.3 is 0 Å². The van der Waals surface area contributed by atoms with Crippen LogP contribution in [0.1, 0.15) is 17.5 Å². The van der Waals surface area contributed by atoms with Crippen LogP contribution in [0, 0.1) is 0 Å². The summed E-state index contributed by atoms with van der Waals surface area (Å²) in [6.45, 7) is 0.191. The molecule has 0 spiro atoms. The summed E-state index contributed by atoms with van der Waals surface area (Å²) < 4.78 is 10.9. The van der Waals surface area contributed by atoms with E-state index in [-0.39, 0.29) is 6.61 Å². The first-order valence-corrected chi connectivity index (χ1v) is 11.1. The van der Waals surface area contributed by atoms with Crippen molar-refractivity contribution >= 4 is 58.5 Å². The number of ether oxygens (including phenoxy) is 2. The molecule has 3 rings (SSSR count). The summed E-state index contributed by atoms with van der Waals surface area (Å²) in [6, 6.07) is 16.8. The first-order valence-electron chi connectivity index (χ1n) is 9.96. The van der Waals surface area contributed by atoms with Crippen LogP contribution < -0.4 is 20.2 Å². The fourth-order valence-electron chi connectivity index (χ4n) is 2.78. The number of hydrogen-bond donors (Lipinski definition) is 2. The van der Waals surface area contributed by atoms with Gasteiger partial charge in [-0.3, -0.25) is 9.59 Å². The molecular formula is C24H20Cl3N3O4. The van der Waals surface area contributed by atoms with E-state index in [2.05, 4.69) is 15.8 Å². The minimum absolute atomic E-state index is 0.191. The zero-order valence-electron chi connectivity index (χ0n) is 18.0. The third-order valence-corrected chi connectivity index (χ3v) is 5.28. The molecule has 2 N–H and O–H groups in total. The van der Waals surface area contributed by atoms with Crippen molar-refractivity contribution < 1.29 is 19.1 Å². The summed E-state index contributed by atoms with van der Waals surface area (Å²) in [5.74, 6) is 0.0700. The number of carbonyl (C=O) groups is 2. The van der Waals surface area contributed by atoms with Gasteiger partial charge in [0.1, 0.15) is 24.5 Å². The second-order valence-corrected chi connectivity index (χ2v) is 8.23. The van der Waals surface area contributed by atoms with E-state index in [9.17, 15) is 9.59 Å². The largest absolute Gasteiger partial charge is 0.497 e. The van der Waals surface area contributed by atoms with Gasteiger partial charge in [0.15, 0.2) is 0 Å². The van der Waals surface area contributed by atoms with Gasteiger partial charge in [-0.25, -0.2) is 5.43 Å². The molecule has 0 saturated heterocycles. The standard InChI is InChI=1S/C24H20Cl3N3O4/c1-33-20-7-5-19(6-8-20)29-23(31)12-24(32)30-28-13-16-10-17(25)4-9-22(16)34-14-15-2-3-18(26)11-21(15)27/h2-11,13H,12,14H2,1H3,(H,29,31)(H,30,32). The van der Waals surface area contributed by atoms with Crippen molar-refractivity contribution in [1.82, 2.24) is 5.43 Å². The lowest BCUT2D eigenvalue weighted by Gasteiger charge is -2.11. The van der Waals surface area contributed by atoms with Crippen molar-refractivity contribution in [3.05, 3.63) is 86.9 Å². The van der Waals surface area contributed by atoms with Gasteiger partial charge in [0.25, 0.3) is 0 Å². The second kappa shape index (κ2) is 12.3. The van der Waals surface area contributed by atoms with E-state index >= 15 is 0 Å². The number of anilines is 1. The van der Waals surface area contributed by atoms with Gasteiger partial charge in [0.2, 0.25) is 11.8 Å². The fourth-order valence-corrected chi connectivity index (χ4v) is 3.43. The molecule has 0 unspecified atom stereocenters. The third-order valence-electron chi connectivity index (χ3n) is 4.46. The van der Waals surface area contributed by atoms with Crippen LogP contribution in [0.5, 0.6) is 11.5 Å². The van der Waals surface area contributed by atoms with Gasteiger partial charge < -0.3 is 14.8 Å². The number of methoxy groups -OCH3 is 1. The molecule has 7 nitrogen and oxygen atoms in total. The van der Waals surface area contributed by atoms with E-state index < -0.39 is 18.2 Å². The quantitative estimate of drug-likeness (QED) is 0.215. The molecule has 0 saturated carbocycles. The van der Waals surface area contributed by atoms with Gasteiger partial charge in [0.05, 0.1) is 13.3 Å². The van der Waals surface area contributed by atoms with Crippen molar-refractivity contribution in [3.8, 4) is 11.5 Å². The number of hydrogen-bond acceptors (Lipinski definition) is 5. The number of hydrazone groups is 1. The number of nitrogens with zero attached hydrogens (tertiary/aromatic N) is 1. The van der Waals surface area contributed by atoms with E-state index in [1.165, 1.54) is 6.21 Å². The zero-order valence-corrected chi connectivity index (χ0v) is 20.2. The molecule has 0 radical (unpaired) electrons. The normalized spacial score (nSPS) is 10.7. The minimum atomic E-state index is -0.584. The maximum Gasteiger partial charge on any atom is 0.249 e. The van der Waals surface area contributed by atoms with Gasteiger partial charge in [-0.1, -0.05) is 40.9 Å². The highest BCUT2D eigenvalue weighted by Crippen LogP contribution is 2.25. The van der Waals surface area contributed by atoms with E-state index in [1.54, 1.807) is 67.8 Å². The Morgan fingerprint density at radius 1 is 0.941 bits per heavy atom. The van der Waals surface area contributed by atoms with Crippen molar-refractivity contribution in [3.63, 3.8) is 0 Å². The Kier molecular flexibility index (Phi) is 9.16. The number of nitrogens with one attached hydrogen (secondary N) is 2. The Morgan fingerprint density at radius 2 is 1.65 bits per heavy atom. The average Bonchev–Trinajstić information content (AvgIpc) is 2.80. The first-order chi connectivity index (χ1) is 16.3. The van der Waals surface area contributed by atoms with Crippen molar-refractivity contribution in [2.45, 2.75) is 13.0 Å². The maximum absolute atomic E-state index is 12.1. The first kappa shape index (κ1) is 25.4. The number of halogens is 3. The Bertz CT molecular complexity index is 1200. The van der Waals surface area contributed by atoms with Crippen LogP contribution in [-0.2, 0) is 16.2 Å². The highest BCUT2D eigenvalue weighted by molar-refractivity contribution is 6.35. The topological polar surface area (TPSA) is 89.0 Å². The number of rotatable bonds is 9. The summed E-state index contributed by atoms with van der Waals surface area (Å²) in [5.41, 5.74) is 4.14. The molecule has 176 valence electrons. The fraction of sp³-hybridized carbons (Fsp3) is 0.125. The highest BCUT2D eigenvalue weighted by Gasteiger charge is 2.10. The maximum atomic E-state index is 12.1. The van der Waals surface area contributed by atoms with Gasteiger partial charge in [0, 0.05) is 31.9 Å². The van der Waals surface area contributed by atoms with Crippen LogP contribution in [0.25, 0.3) is 0 Å². The predicted molar refractivity (Wildman–Crippen MR) is 134 cm³/mol. The molecule has 0 bridgehead atoms. The Labute approximate surface area is 211 Å². The monoisotopic (exact) mass is 519 g/mol. The number of carbonyl (C=O) groups excluding carboxylic acids is 2. The van der Waals surface area contributed by atoms with Crippen molar-refractivity contribution in [2.75, 3.05) is 12.4 Å². The molecule has 0 atom stereocenters. The summed E-state index contributed by atoms with van der Waals surface area (Å²) in [7, 11) is 1.55. The van der Waals surface area contributed by atoms with Crippen LogP contribution in [-0.4, -0.2) is 25.1 Å². The molecule has 0 aliphatic carbocycles. The molecule has 2 amide bonds. The molecule has 34 heavy (non-hydrogen) atoms. The molecule has 0 aromatic heterocycles. The molecule has 0 fully saturated rings. The summed E-state index contributed by atoms with van der Waals surface area (Å²) >= 11 is 18.2. The zero-order chi connectivity index (χ0) is 24.5. The summed E-state index contributed by atoms with van der Waals surface area (Å²) in [6.07, 6.45) is 0.974. The summed E-state index contributed by atoms with van der Waals surface area (Å²) in [4.78, 5) is 24.1. The Morgan fingerprint density at radius 3 is 2.35 bits per heavy atom. The number of amides is 2. The Balaban J connectivity index is 1.56. The van der Waals surface area contributed by atoms with Crippen molar-refractivity contribution in [1.29, 1.82) is 0 Å². The molecule has 0 heterocycles. The molecular weight excluding hydrogens is 501 g/mol. The van der Waals surface area contributed by atoms with E-state index in [1.807, 2.05) is 0 Å². The SMILES string of the molecule is COc1ccc(NC(=O)CC(=O)NN=Cc2cc(Cl)ccc2OCc2ccc(Cl)cc2Cl)cc1. The van der Waals surface area contributed by atoms with Crippen LogP contribution in [0.3, 0.4) is 0 Å². The van der Waals surface area contributed by atoms with Crippen LogP contribution in [0.15, 0.2) is 65.8 Å². The number of benzene rings is 3. The van der Waals surface area contributed by atoms with E-state index in [4.69, 9.17) is 44.3 Å². The van der Waals surface area contributed by atoms with E-state index in [0.29, 0.717) is 37.8 Å². The average molecular weight is 521 g/mol. The molecule has 0 aliphatic rings. The van der Waals surface area contributed by atoms with Gasteiger partial charge in [-0.2, -0.15) is 5.10 Å². The predicted octanol–water partition coefficient (Wildman–Crippen LogP) is 5.71. The second-order valence-electron chi connectivity index (χ2n) is 6.95. The van der Waals surface area contributed by atoms with E-state index in [0.717, 1.165) is 5.56 Å². The van der Waals surface area contributed by atoms with Gasteiger partial charge in [-0.05, 0) is 54.6 Å². The molecule has 3 aromatic carbocycles. The molecule has 10 heteroatoms. The van der Waals surface area contributed by atoms with Gasteiger partial charge in [-0.15, -0.1) is 0 Å². The van der Waals surface area contributed by atoms with Crippen LogP contribution in [0.4, 0.5) is 5.69 Å². The van der Waals surface area contributed by atoms with Crippen molar-refractivity contribution in [2.24, 2.45) is 5.10 Å². The molecule has 3 aromatic rings. The lowest BCUT2D eigenvalue weighted by Crippen LogP contribution is -2.24. The third kappa shape index (κ3) is 7.66. The highest BCUT2D eigenvalue weighted by atomic mass is 35.5.